The first kappa shape index (κ1) is 21.2. The van der Waals surface area contributed by atoms with E-state index in [0.717, 1.165) is 0 Å². The average Bonchev–Trinajstić information content (AvgIpc) is 2.66. The van der Waals surface area contributed by atoms with Gasteiger partial charge in [-0.15, -0.1) is 0 Å². The Bertz CT molecular complexity index is 867. The number of benzene rings is 1. The maximum atomic E-state index is 12.6. The number of hydrogen-bond donors (Lipinski definition) is 2. The van der Waals surface area contributed by atoms with Gasteiger partial charge in [0.05, 0.1) is 11.1 Å². The van der Waals surface area contributed by atoms with Gasteiger partial charge >= 0.3 is 12.8 Å². The van der Waals surface area contributed by atoms with Gasteiger partial charge in [-0.2, -0.15) is 22.0 Å². The molecule has 10 heteroatoms. The lowest BCUT2D eigenvalue weighted by Gasteiger charge is -2.32. The van der Waals surface area contributed by atoms with E-state index in [1.165, 1.54) is 24.4 Å². The zero-order valence-electron chi connectivity index (χ0n) is 15.1. The molecule has 0 bridgehead atoms. The molecule has 1 aliphatic carbocycles. The summed E-state index contributed by atoms with van der Waals surface area (Å²) in [5.41, 5.74) is 0.624. The Balaban J connectivity index is 1.60. The molecule has 1 unspecified atom stereocenters. The van der Waals surface area contributed by atoms with Crippen LogP contribution in [-0.2, 0) is 0 Å². The van der Waals surface area contributed by atoms with Gasteiger partial charge < -0.3 is 15.2 Å². The fourth-order valence-corrected chi connectivity index (χ4v) is 3.52. The number of alkyl halides is 5. The van der Waals surface area contributed by atoms with Gasteiger partial charge in [0.2, 0.25) is 0 Å². The third kappa shape index (κ3) is 5.31. The molecular weight excluding hydrogens is 399 g/mol. The van der Waals surface area contributed by atoms with E-state index in [-0.39, 0.29) is 30.2 Å². The highest BCUT2D eigenvalue weighted by atomic mass is 19.4. The number of nitrogens with zero attached hydrogens (tertiary/aromatic N) is 1. The molecule has 1 heterocycles. The van der Waals surface area contributed by atoms with E-state index < -0.39 is 30.7 Å². The van der Waals surface area contributed by atoms with Crippen LogP contribution in [0.1, 0.15) is 36.0 Å². The van der Waals surface area contributed by atoms with Crippen molar-refractivity contribution in [2.45, 2.75) is 50.6 Å². The molecule has 1 amide bonds. The lowest BCUT2D eigenvalue weighted by atomic mass is 9.82. The maximum Gasteiger partial charge on any atom is 0.414 e. The van der Waals surface area contributed by atoms with Crippen molar-refractivity contribution in [3.8, 4) is 5.75 Å². The second-order valence-corrected chi connectivity index (χ2v) is 7.03. The molecule has 1 aromatic carbocycles. The Hall–Kier alpha value is -2.49. The van der Waals surface area contributed by atoms with Crippen LogP contribution < -0.4 is 10.1 Å². The molecule has 2 N–H and O–H groups in total. The third-order valence-electron chi connectivity index (χ3n) is 5.03. The van der Waals surface area contributed by atoms with E-state index in [1.807, 2.05) is 0 Å². The van der Waals surface area contributed by atoms with Crippen LogP contribution in [0.15, 0.2) is 30.5 Å². The van der Waals surface area contributed by atoms with Gasteiger partial charge in [-0.1, -0.05) is 0 Å². The Morgan fingerprint density at radius 1 is 1.17 bits per heavy atom. The zero-order chi connectivity index (χ0) is 21.2. The molecule has 3 rings (SSSR count). The van der Waals surface area contributed by atoms with Gasteiger partial charge in [-0.3, -0.25) is 9.78 Å². The monoisotopic (exact) mass is 418 g/mol. The van der Waals surface area contributed by atoms with E-state index in [1.54, 1.807) is 6.07 Å². The number of hydrogen-bond acceptors (Lipinski definition) is 4. The van der Waals surface area contributed by atoms with Crippen LogP contribution in [0.5, 0.6) is 5.75 Å². The number of pyridine rings is 1. The summed E-state index contributed by atoms with van der Waals surface area (Å²) in [6.45, 7) is -2.95. The number of fused-ring (bicyclic) bond motifs is 1. The molecule has 1 atom stereocenters. The lowest BCUT2D eigenvalue weighted by Crippen LogP contribution is -2.42. The number of aromatic nitrogens is 1. The smallest absolute Gasteiger partial charge is 0.414 e. The van der Waals surface area contributed by atoms with Gasteiger partial charge in [0.25, 0.3) is 5.91 Å². The number of aliphatic hydroxyl groups excluding tert-OH is 1. The highest BCUT2D eigenvalue weighted by molar-refractivity contribution is 5.97. The topological polar surface area (TPSA) is 71.5 Å². The Kier molecular flexibility index (Phi) is 6.21. The van der Waals surface area contributed by atoms with Crippen LogP contribution in [0.3, 0.4) is 0 Å². The average molecular weight is 418 g/mol. The van der Waals surface area contributed by atoms with Crippen LogP contribution in [0.25, 0.3) is 10.9 Å². The second kappa shape index (κ2) is 8.48. The highest BCUT2D eigenvalue weighted by Gasteiger charge is 2.44. The normalized spacial score (nSPS) is 21.2. The number of ether oxygens (including phenoxy) is 1. The van der Waals surface area contributed by atoms with Crippen LogP contribution in [0.2, 0.25) is 0 Å². The van der Waals surface area contributed by atoms with Crippen molar-refractivity contribution >= 4 is 16.8 Å². The maximum absolute atomic E-state index is 12.6. The quantitative estimate of drug-likeness (QED) is 0.719. The Morgan fingerprint density at radius 2 is 1.86 bits per heavy atom. The van der Waals surface area contributed by atoms with Crippen molar-refractivity contribution in [3.63, 3.8) is 0 Å². The second-order valence-electron chi connectivity index (χ2n) is 7.03. The Labute approximate surface area is 162 Å². The molecule has 1 saturated carbocycles. The summed E-state index contributed by atoms with van der Waals surface area (Å²) >= 11 is 0. The van der Waals surface area contributed by atoms with E-state index >= 15 is 0 Å². The van der Waals surface area contributed by atoms with Crippen LogP contribution in [0, 0.1) is 5.92 Å². The van der Waals surface area contributed by atoms with Gasteiger partial charge in [0.1, 0.15) is 5.75 Å². The number of amides is 1. The molecule has 0 saturated heterocycles. The van der Waals surface area contributed by atoms with Gasteiger partial charge in [0, 0.05) is 23.7 Å². The number of nitrogens with one attached hydrogen (secondary N) is 1. The summed E-state index contributed by atoms with van der Waals surface area (Å²) in [7, 11) is 0. The number of carbonyl (C=O) groups is 1. The minimum absolute atomic E-state index is 0.0463. The van der Waals surface area contributed by atoms with Crippen LogP contribution in [0.4, 0.5) is 22.0 Å². The van der Waals surface area contributed by atoms with Crippen molar-refractivity contribution < 1.29 is 36.6 Å². The largest absolute Gasteiger partial charge is 0.435 e. The van der Waals surface area contributed by atoms with Crippen molar-refractivity contribution in [1.82, 2.24) is 10.3 Å². The number of rotatable bonds is 5. The summed E-state index contributed by atoms with van der Waals surface area (Å²) in [6.07, 6.45) is -4.70. The molecule has 29 heavy (non-hydrogen) atoms. The summed E-state index contributed by atoms with van der Waals surface area (Å²) in [5, 5.41) is 12.7. The van der Waals surface area contributed by atoms with Crippen molar-refractivity contribution in [2.75, 3.05) is 0 Å². The van der Waals surface area contributed by atoms with E-state index in [9.17, 15) is 31.9 Å². The molecule has 158 valence electrons. The predicted octanol–water partition coefficient (Wildman–Crippen LogP) is 4.05. The first-order chi connectivity index (χ1) is 13.6. The summed E-state index contributed by atoms with van der Waals surface area (Å²) in [6, 6.07) is 5.42. The lowest BCUT2D eigenvalue weighted by molar-refractivity contribution is -0.222. The van der Waals surface area contributed by atoms with Gasteiger partial charge in [0.15, 0.2) is 6.10 Å². The molecule has 0 spiro atoms. The summed E-state index contributed by atoms with van der Waals surface area (Å²) in [5.74, 6) is -1.34. The first-order valence-electron chi connectivity index (χ1n) is 9.04. The highest BCUT2D eigenvalue weighted by Crippen LogP contribution is 2.34. The molecule has 1 fully saturated rings. The van der Waals surface area contributed by atoms with E-state index in [4.69, 9.17) is 0 Å². The minimum atomic E-state index is -4.64. The predicted molar refractivity (Wildman–Crippen MR) is 93.6 cm³/mol. The summed E-state index contributed by atoms with van der Waals surface area (Å²) < 4.78 is 66.7. The fourth-order valence-electron chi connectivity index (χ4n) is 3.52. The van der Waals surface area contributed by atoms with E-state index in [0.29, 0.717) is 23.7 Å². The standard InChI is InChI=1S/C19H19F5N2O3/c20-18(21)29-14-6-3-11-7-12(9-25-15(11)8-14)17(28)26-13-4-1-10(2-5-13)16(27)19(22,23)24/h3,6-10,13,16,18,27H,1-2,4-5H2,(H,26,28). The molecule has 1 aromatic heterocycles. The molecule has 5 nitrogen and oxygen atoms in total. The van der Waals surface area contributed by atoms with Crippen molar-refractivity contribution in [1.29, 1.82) is 0 Å². The zero-order valence-corrected chi connectivity index (χ0v) is 15.1. The molecule has 0 radical (unpaired) electrons. The SMILES string of the molecule is O=C(NC1CCC(C(O)C(F)(F)F)CC1)c1cnc2cc(OC(F)F)ccc2c1. The molecule has 1 aliphatic rings. The van der Waals surface area contributed by atoms with Crippen LogP contribution in [-0.4, -0.2) is 40.9 Å². The summed E-state index contributed by atoms with van der Waals surface area (Å²) in [4.78, 5) is 16.5. The van der Waals surface area contributed by atoms with Crippen molar-refractivity contribution in [3.05, 3.63) is 36.0 Å². The van der Waals surface area contributed by atoms with Crippen LogP contribution >= 0.6 is 0 Å². The molecule has 2 aromatic rings. The molecular formula is C19H19F5N2O3. The van der Waals surface area contributed by atoms with E-state index in [2.05, 4.69) is 15.0 Å². The third-order valence-corrected chi connectivity index (χ3v) is 5.03. The fraction of sp³-hybridized carbons (Fsp3) is 0.474. The van der Waals surface area contributed by atoms with Gasteiger partial charge in [-0.25, -0.2) is 0 Å². The number of carbonyl (C=O) groups excluding carboxylic acids is 1. The Morgan fingerprint density at radius 3 is 2.48 bits per heavy atom. The first-order valence-corrected chi connectivity index (χ1v) is 9.04. The molecule has 0 aliphatic heterocycles. The van der Waals surface area contributed by atoms with Gasteiger partial charge in [-0.05, 0) is 49.8 Å². The minimum Gasteiger partial charge on any atom is -0.435 e. The number of halogens is 5. The number of aliphatic hydroxyl groups is 1. The van der Waals surface area contributed by atoms with Crippen molar-refractivity contribution in [2.24, 2.45) is 5.92 Å².